The molecule has 8 aromatic rings. The summed E-state index contributed by atoms with van der Waals surface area (Å²) in [4.78, 5) is 33.0. The van der Waals surface area contributed by atoms with Crippen molar-refractivity contribution in [3.05, 3.63) is 186 Å². The monoisotopic (exact) mass is 2050 g/mol. The summed E-state index contributed by atoms with van der Waals surface area (Å²) in [6.07, 6.45) is 26.2. The fraction of sp³-hybridized carbons (Fsp3) is 0.434. The molecule has 16 nitrogen and oxygen atoms in total. The van der Waals surface area contributed by atoms with Crippen molar-refractivity contribution in [3.8, 4) is 46.0 Å². The van der Waals surface area contributed by atoms with Crippen molar-refractivity contribution in [2.75, 3.05) is 0 Å². The van der Waals surface area contributed by atoms with E-state index < -0.39 is 6.18 Å². The topological polar surface area (TPSA) is 261 Å². The van der Waals surface area contributed by atoms with Crippen molar-refractivity contribution in [1.82, 2.24) is 0 Å². The number of phenolic OH excluding ortho intramolecular Hbond substituents is 8. The Morgan fingerprint density at radius 3 is 0.890 bits per heavy atom. The normalized spacial score (nSPS) is 12.5. The second-order valence-electron chi connectivity index (χ2n) is 32.6. The van der Waals surface area contributed by atoms with E-state index in [0.29, 0.717) is 63.3 Å². The van der Waals surface area contributed by atoms with Crippen LogP contribution in [-0.2, 0) is 126 Å². The largest absolute Gasteiger partial charge is 0.505 e. The molecule has 0 saturated heterocycles. The van der Waals surface area contributed by atoms with Gasteiger partial charge in [0.2, 0.25) is 0 Å². The summed E-state index contributed by atoms with van der Waals surface area (Å²) in [7, 11) is 8.22. The predicted octanol–water partition coefficient (Wildman–Crippen LogP) is 30.2. The van der Waals surface area contributed by atoms with E-state index in [0.717, 1.165) is 129 Å². The second-order valence-corrected chi connectivity index (χ2v) is 32.6. The first kappa shape index (κ1) is 129. The summed E-state index contributed by atoms with van der Waals surface area (Å²) in [5, 5.41) is 79.2. The Morgan fingerprint density at radius 1 is 0.362 bits per heavy atom. The first-order chi connectivity index (χ1) is 56.6. The van der Waals surface area contributed by atoms with E-state index in [-0.39, 0.29) is 178 Å². The molecule has 0 amide bonds. The number of halogens is 5. The van der Waals surface area contributed by atoms with Gasteiger partial charge in [0, 0.05) is 185 Å². The van der Waals surface area contributed by atoms with Crippen LogP contribution < -0.4 is 0 Å². The Morgan fingerprint density at radius 2 is 0.614 bits per heavy atom. The van der Waals surface area contributed by atoms with Gasteiger partial charge in [-0.15, -0.1) is 0 Å². The van der Waals surface area contributed by atoms with Crippen molar-refractivity contribution >= 4 is 117 Å². The van der Waals surface area contributed by atoms with Crippen molar-refractivity contribution in [2.45, 2.75) is 273 Å². The molecule has 0 atom stereocenters. The van der Waals surface area contributed by atoms with Gasteiger partial charge in [-0.05, 0) is 329 Å². The molecule has 127 heavy (non-hydrogen) atoms. The Kier molecular flexibility index (Phi) is 68.3. The van der Waals surface area contributed by atoms with Crippen molar-refractivity contribution in [3.63, 3.8) is 0 Å². The van der Waals surface area contributed by atoms with Gasteiger partial charge in [-0.2, -0.15) is 13.2 Å². The van der Waals surface area contributed by atoms with Gasteiger partial charge in [0.25, 0.3) is 0 Å². The van der Waals surface area contributed by atoms with E-state index >= 15 is 0 Å². The maximum atomic E-state index is 11.8. The molecule has 0 heterocycles. The number of hydrogen-bond acceptors (Lipinski definition) is 16. The van der Waals surface area contributed by atoms with E-state index in [1.54, 1.807) is 38.4 Å². The maximum absolute atomic E-state index is 11.8. The molecule has 692 valence electrons. The van der Waals surface area contributed by atoms with Crippen LogP contribution >= 0.6 is 21.7 Å². The number of nitrogens with zero attached hydrogens (tertiary/aromatic N) is 8. The Hall–Kier alpha value is -6.20. The Balaban J connectivity index is -0.000000477. The van der Waals surface area contributed by atoms with Crippen LogP contribution in [0.3, 0.4) is 0 Å². The summed E-state index contributed by atoms with van der Waals surface area (Å²) in [6, 6.07) is 30.4. The average Bonchev–Trinajstić information content (AvgIpc) is 0.812. The molecular weight excluding hydrogens is 1920 g/mol. The molecule has 2 aliphatic rings. The van der Waals surface area contributed by atoms with Crippen LogP contribution in [0.1, 0.15) is 258 Å². The van der Waals surface area contributed by atoms with Crippen LogP contribution in [0.15, 0.2) is 137 Å². The Bertz CT molecular complexity index is 4670. The van der Waals surface area contributed by atoms with Gasteiger partial charge in [0.1, 0.15) is 97.7 Å². The molecule has 8 aromatic carbocycles. The van der Waals surface area contributed by atoms with Crippen LogP contribution in [0, 0.1) is 108 Å². The van der Waals surface area contributed by atoms with Crippen molar-refractivity contribution < 1.29 is 180 Å². The standard InChI is InChI=1S/C34H48N2O2.C13H19NO.C12H17NO.C11H15NO.C10H10F3NO.C10H13NO.C9H11NO.Cl2.6Cr.Ti/c1-25-21-29(27-15-9-7-10-16-27)33(37)31(23-25)35-19-13-5-3-4-6-14-20-36-32-24-26(2)22-30(34(32)38)28-17-11-8-12-18-28;1-9-6-10(2)12(15)11(7-9)14-8-13(3,4)5;1-8(2)7-13-11-6-9(3)5-10(4)12(11)14;1-4-5-12-10-7-8(2)6-9(3)11(10)13;1-6-3-7(2)9(15)8(4-6)14-5-10(11,12)13;1-4-11-9-6-7(2)5-8(3)10(9)12;1-6-4-7(2)9(11)8(5-6)10-3;1-2;;;;;;;/h19-24,27-28,37-38H,3-18H2,1-2H3;6-8,15H,1-5H3;5-8,14H,1-4H3;5-7,13H,4H2,1-3H3;3-5,15H,1-2H3;4-6,12H,1-3H3;4-5,11H,3H2,1-2H3;;;;;;;;. The number of unbranched alkanes of at least 4 members (excludes halogenated alkanes) is 5. The fourth-order valence-corrected chi connectivity index (χ4v) is 13.6. The number of hydrogen-bond donors (Lipinski definition) is 8. The summed E-state index contributed by atoms with van der Waals surface area (Å²) in [5.74, 6) is 3.28. The molecule has 0 spiro atoms. The van der Waals surface area contributed by atoms with Gasteiger partial charge in [-0.25, -0.2) is 4.99 Å². The summed E-state index contributed by atoms with van der Waals surface area (Å²) < 4.78 is 35.5. The molecule has 2 saturated carbocycles. The van der Waals surface area contributed by atoms with Crippen LogP contribution in [0.2, 0.25) is 0 Å². The van der Waals surface area contributed by atoms with Crippen LogP contribution in [0.25, 0.3) is 0 Å². The Labute approximate surface area is 845 Å². The molecule has 0 aliphatic heterocycles. The fourth-order valence-electron chi connectivity index (χ4n) is 13.6. The third-order valence-electron chi connectivity index (χ3n) is 19.3. The molecule has 10 rings (SSSR count). The summed E-state index contributed by atoms with van der Waals surface area (Å²) in [6.45, 7) is 44.4. The summed E-state index contributed by atoms with van der Waals surface area (Å²) in [5.41, 5.74) is 20.3. The predicted molar refractivity (Wildman–Crippen MR) is 505 cm³/mol. The number of aromatic hydroxyl groups is 8. The van der Waals surface area contributed by atoms with E-state index in [4.69, 9.17) is 0 Å². The smallest absolute Gasteiger partial charge is 0.426 e. The SMILES string of the molecule is C=Nc1cc(C)cc(C)c1O.CC=Nc1cc(C)cc(C)c1O.CCC=Nc1cc(C)cc(C)c1O.Cc1cc(C)c(O)c(N=CC(C)(C)C)c1.Cc1cc(C)c(O)c(N=CC(C)C)c1.Cc1cc(C)c(O)c(N=CC(F)(F)F)c1.Cc1cc(N=CCCCCCCC=Nc2cc(C)cc(C3CCCCC3)c2O)c(O)c(C2CCCCC2)c1.ClCl.[Cr].[Cr].[Cr].[Cr].[Cr].[Cr].[Ti]. The second kappa shape index (κ2) is 67.0. The van der Waals surface area contributed by atoms with Gasteiger partial charge in [-0.3, -0.25) is 34.9 Å². The number of aliphatic imine (C=N–C) groups is 8. The van der Waals surface area contributed by atoms with Crippen LogP contribution in [-0.4, -0.2) is 97.2 Å². The molecule has 2 aliphatic carbocycles. The quantitative estimate of drug-likeness (QED) is 0.0219. The molecule has 28 heteroatoms. The van der Waals surface area contributed by atoms with E-state index in [9.17, 15) is 54.0 Å². The third kappa shape index (κ3) is 48.7. The first-order valence-corrected chi connectivity index (χ1v) is 42.6. The molecule has 0 radical (unpaired) electrons. The van der Waals surface area contributed by atoms with E-state index in [1.165, 1.54) is 81.4 Å². The van der Waals surface area contributed by atoms with E-state index in [2.05, 4.69) is 129 Å². The molecule has 8 N–H and O–H groups in total. The summed E-state index contributed by atoms with van der Waals surface area (Å²) >= 11 is 0. The van der Waals surface area contributed by atoms with Crippen LogP contribution in [0.5, 0.6) is 46.0 Å². The number of phenols is 8. The number of benzene rings is 8. The minimum Gasteiger partial charge on any atom is -0.505 e. The van der Waals surface area contributed by atoms with Gasteiger partial charge >= 0.3 is 6.18 Å². The molecule has 2 fully saturated rings. The van der Waals surface area contributed by atoms with Gasteiger partial charge in [-0.1, -0.05) is 141 Å². The minimum absolute atomic E-state index is 0. The maximum Gasteiger partial charge on any atom is 0.426 e. The average molecular weight is 2050 g/mol. The zero-order valence-corrected chi connectivity index (χ0v) is 88.5. The number of aryl methyl sites for hydroxylation is 14. The third-order valence-corrected chi connectivity index (χ3v) is 19.3. The molecule has 0 unspecified atom stereocenters. The van der Waals surface area contributed by atoms with Crippen molar-refractivity contribution in [1.29, 1.82) is 0 Å². The zero-order chi connectivity index (χ0) is 90.1. The first-order valence-electron chi connectivity index (χ1n) is 41.4. The zero-order valence-electron chi connectivity index (χ0n) is 77.7. The number of alkyl halides is 3. The van der Waals surface area contributed by atoms with Gasteiger partial charge in [0.15, 0.2) is 0 Å². The molecule has 0 aromatic heterocycles. The van der Waals surface area contributed by atoms with Crippen molar-refractivity contribution in [2.24, 2.45) is 51.3 Å². The molecular formula is C99H133Cl2Cr6F3N8O8Ti. The number of rotatable bonds is 19. The van der Waals surface area contributed by atoms with E-state index in [1.807, 2.05) is 175 Å². The van der Waals surface area contributed by atoms with Gasteiger partial charge < -0.3 is 40.9 Å². The van der Waals surface area contributed by atoms with Crippen LogP contribution in [0.4, 0.5) is 58.7 Å². The minimum atomic E-state index is -4.47. The molecule has 0 bridgehead atoms. The van der Waals surface area contributed by atoms with Gasteiger partial charge in [0.05, 0.1) is 0 Å².